The summed E-state index contributed by atoms with van der Waals surface area (Å²) in [6.07, 6.45) is 0.905. The lowest BCUT2D eigenvalue weighted by atomic mass is 10.0. The van der Waals surface area contributed by atoms with Crippen LogP contribution in [0.2, 0.25) is 0 Å². The van der Waals surface area contributed by atoms with Gasteiger partial charge in [-0.2, -0.15) is 0 Å². The summed E-state index contributed by atoms with van der Waals surface area (Å²) >= 11 is 0. The van der Waals surface area contributed by atoms with Gasteiger partial charge >= 0.3 is 0 Å². The minimum absolute atomic E-state index is 0.0213. The van der Waals surface area contributed by atoms with Gasteiger partial charge in [-0.05, 0) is 42.2 Å². The predicted molar refractivity (Wildman–Crippen MR) is 97.0 cm³/mol. The van der Waals surface area contributed by atoms with Gasteiger partial charge in [-0.25, -0.2) is 0 Å². The fourth-order valence-corrected chi connectivity index (χ4v) is 2.44. The van der Waals surface area contributed by atoms with Gasteiger partial charge in [0.2, 0.25) is 5.91 Å². The van der Waals surface area contributed by atoms with Crippen molar-refractivity contribution >= 4 is 17.5 Å². The molecule has 0 radical (unpaired) electrons. The van der Waals surface area contributed by atoms with Crippen LogP contribution in [0.15, 0.2) is 54.6 Å². The van der Waals surface area contributed by atoms with Crippen molar-refractivity contribution in [1.82, 2.24) is 5.32 Å². The smallest absolute Gasteiger partial charge is 0.251 e. The first-order chi connectivity index (χ1) is 11.5. The number of carbonyl (C=O) groups is 2. The Bertz CT molecular complexity index is 696. The number of nitrogens with one attached hydrogen (secondary N) is 2. The van der Waals surface area contributed by atoms with Gasteiger partial charge < -0.3 is 10.6 Å². The molecule has 2 aromatic carbocycles. The fraction of sp³-hybridized carbons (Fsp3) is 0.300. The summed E-state index contributed by atoms with van der Waals surface area (Å²) < 4.78 is 0. The molecule has 0 spiro atoms. The highest BCUT2D eigenvalue weighted by Crippen LogP contribution is 2.13. The summed E-state index contributed by atoms with van der Waals surface area (Å²) in [6.45, 7) is 5.90. The lowest BCUT2D eigenvalue weighted by Crippen LogP contribution is -2.47. The SMILES string of the molecule is CCc1cccc(NC(=O)[C@@H](NC(=O)c2ccccc2)C(C)C)c1. The zero-order valence-corrected chi connectivity index (χ0v) is 14.4. The van der Waals surface area contributed by atoms with Crippen LogP contribution >= 0.6 is 0 Å². The maximum Gasteiger partial charge on any atom is 0.251 e. The Morgan fingerprint density at radius 1 is 1.00 bits per heavy atom. The minimum atomic E-state index is -0.594. The Morgan fingerprint density at radius 2 is 1.71 bits per heavy atom. The van der Waals surface area contributed by atoms with E-state index in [2.05, 4.69) is 17.6 Å². The van der Waals surface area contributed by atoms with E-state index in [0.29, 0.717) is 5.56 Å². The first kappa shape index (κ1) is 17.7. The van der Waals surface area contributed by atoms with E-state index in [1.54, 1.807) is 24.3 Å². The van der Waals surface area contributed by atoms with Crippen LogP contribution in [-0.2, 0) is 11.2 Å². The maximum atomic E-state index is 12.6. The lowest BCUT2D eigenvalue weighted by molar-refractivity contribution is -0.118. The molecule has 0 aromatic heterocycles. The fourth-order valence-electron chi connectivity index (χ4n) is 2.44. The second kappa shape index (κ2) is 8.29. The second-order valence-electron chi connectivity index (χ2n) is 6.10. The van der Waals surface area contributed by atoms with Crippen LogP contribution in [0.4, 0.5) is 5.69 Å². The van der Waals surface area contributed by atoms with Crippen molar-refractivity contribution in [3.05, 3.63) is 65.7 Å². The highest BCUT2D eigenvalue weighted by atomic mass is 16.2. The third-order valence-corrected chi connectivity index (χ3v) is 3.87. The van der Waals surface area contributed by atoms with E-state index in [1.807, 2.05) is 44.2 Å². The topological polar surface area (TPSA) is 58.2 Å². The molecule has 4 nitrogen and oxygen atoms in total. The molecule has 2 N–H and O–H groups in total. The van der Waals surface area contributed by atoms with E-state index in [4.69, 9.17) is 0 Å². The molecule has 0 aliphatic carbocycles. The Hall–Kier alpha value is -2.62. The Labute approximate surface area is 143 Å². The predicted octanol–water partition coefficient (Wildman–Crippen LogP) is 3.64. The summed E-state index contributed by atoms with van der Waals surface area (Å²) in [6, 6.07) is 16.1. The first-order valence-corrected chi connectivity index (χ1v) is 8.27. The monoisotopic (exact) mass is 324 g/mol. The van der Waals surface area contributed by atoms with Crippen molar-refractivity contribution in [2.75, 3.05) is 5.32 Å². The van der Waals surface area contributed by atoms with Crippen molar-refractivity contribution in [2.24, 2.45) is 5.92 Å². The van der Waals surface area contributed by atoms with Crippen LogP contribution in [0.25, 0.3) is 0 Å². The molecule has 24 heavy (non-hydrogen) atoms. The van der Waals surface area contributed by atoms with Gasteiger partial charge in [0.05, 0.1) is 0 Å². The van der Waals surface area contributed by atoms with E-state index in [0.717, 1.165) is 17.7 Å². The average Bonchev–Trinajstić information content (AvgIpc) is 2.60. The van der Waals surface area contributed by atoms with Gasteiger partial charge in [0.25, 0.3) is 5.91 Å². The van der Waals surface area contributed by atoms with Crippen molar-refractivity contribution in [3.8, 4) is 0 Å². The molecule has 0 fully saturated rings. The van der Waals surface area contributed by atoms with E-state index in [-0.39, 0.29) is 17.7 Å². The van der Waals surface area contributed by atoms with Gasteiger partial charge in [0, 0.05) is 11.3 Å². The molecule has 0 saturated heterocycles. The highest BCUT2D eigenvalue weighted by Gasteiger charge is 2.24. The molecular formula is C20H24N2O2. The number of carbonyl (C=O) groups excluding carboxylic acids is 2. The Balaban J connectivity index is 2.09. The van der Waals surface area contributed by atoms with Gasteiger partial charge in [0.15, 0.2) is 0 Å². The number of benzene rings is 2. The quantitative estimate of drug-likeness (QED) is 0.852. The van der Waals surface area contributed by atoms with Crippen LogP contribution in [-0.4, -0.2) is 17.9 Å². The van der Waals surface area contributed by atoms with E-state index >= 15 is 0 Å². The van der Waals surface area contributed by atoms with E-state index in [9.17, 15) is 9.59 Å². The Morgan fingerprint density at radius 3 is 2.33 bits per heavy atom. The molecular weight excluding hydrogens is 300 g/mol. The summed E-state index contributed by atoms with van der Waals surface area (Å²) in [5.41, 5.74) is 2.45. The molecule has 0 heterocycles. The zero-order valence-electron chi connectivity index (χ0n) is 14.4. The zero-order chi connectivity index (χ0) is 17.5. The van der Waals surface area contributed by atoms with Crippen molar-refractivity contribution < 1.29 is 9.59 Å². The largest absolute Gasteiger partial charge is 0.340 e. The van der Waals surface area contributed by atoms with Gasteiger partial charge in [0.1, 0.15) is 6.04 Å². The van der Waals surface area contributed by atoms with Crippen LogP contribution in [0.5, 0.6) is 0 Å². The van der Waals surface area contributed by atoms with Gasteiger partial charge in [-0.1, -0.05) is 51.1 Å². The molecule has 2 amide bonds. The van der Waals surface area contributed by atoms with Gasteiger partial charge in [-0.15, -0.1) is 0 Å². The number of aryl methyl sites for hydroxylation is 1. The van der Waals surface area contributed by atoms with Crippen LogP contribution in [0, 0.1) is 5.92 Å². The summed E-state index contributed by atoms with van der Waals surface area (Å²) in [4.78, 5) is 24.9. The van der Waals surface area contributed by atoms with Gasteiger partial charge in [-0.3, -0.25) is 9.59 Å². The number of amides is 2. The molecule has 0 saturated carbocycles. The van der Waals surface area contributed by atoms with Crippen molar-refractivity contribution in [1.29, 1.82) is 0 Å². The van der Waals surface area contributed by atoms with Crippen molar-refractivity contribution in [3.63, 3.8) is 0 Å². The van der Waals surface area contributed by atoms with Crippen LogP contribution in [0.3, 0.4) is 0 Å². The number of hydrogen-bond donors (Lipinski definition) is 2. The normalized spacial score (nSPS) is 11.8. The number of rotatable bonds is 6. The molecule has 126 valence electrons. The molecule has 0 aliphatic heterocycles. The molecule has 1 atom stereocenters. The first-order valence-electron chi connectivity index (χ1n) is 8.27. The molecule has 2 rings (SSSR count). The summed E-state index contributed by atoms with van der Waals surface area (Å²) in [5, 5.41) is 5.73. The molecule has 4 heteroatoms. The summed E-state index contributed by atoms with van der Waals surface area (Å²) in [7, 11) is 0. The lowest BCUT2D eigenvalue weighted by Gasteiger charge is -2.22. The third kappa shape index (κ3) is 4.69. The van der Waals surface area contributed by atoms with E-state index in [1.165, 1.54) is 0 Å². The second-order valence-corrected chi connectivity index (χ2v) is 6.10. The number of hydrogen-bond acceptors (Lipinski definition) is 2. The molecule has 2 aromatic rings. The Kier molecular flexibility index (Phi) is 6.13. The minimum Gasteiger partial charge on any atom is -0.340 e. The molecule has 0 bridgehead atoms. The third-order valence-electron chi connectivity index (χ3n) is 3.87. The highest BCUT2D eigenvalue weighted by molar-refractivity contribution is 6.01. The maximum absolute atomic E-state index is 12.6. The number of anilines is 1. The van der Waals surface area contributed by atoms with Crippen molar-refractivity contribution in [2.45, 2.75) is 33.2 Å². The molecule has 0 unspecified atom stereocenters. The average molecular weight is 324 g/mol. The molecule has 0 aliphatic rings. The van der Waals surface area contributed by atoms with E-state index < -0.39 is 6.04 Å². The van der Waals surface area contributed by atoms with Crippen LogP contribution in [0.1, 0.15) is 36.7 Å². The van der Waals surface area contributed by atoms with Crippen LogP contribution < -0.4 is 10.6 Å². The summed E-state index contributed by atoms with van der Waals surface area (Å²) in [5.74, 6) is -0.471. The standard InChI is InChI=1S/C20H24N2O2/c1-4-15-9-8-12-17(13-15)21-20(24)18(14(2)3)22-19(23)16-10-6-5-7-11-16/h5-14,18H,4H2,1-3H3,(H,21,24)(H,22,23)/t18-/m0/s1.